The molecule has 0 unspecified atom stereocenters. The standard InChI is InChI=1S/C17H2Cl10IN/c18-7-5(8(19)12(23)15(26)11(7)22)4-2-1-3(28)17(29-4)6-9(20)13(24)16(27)14(25)10(6)21/h1-2H. The average molecular weight is 702 g/mol. The van der Waals surface area contributed by atoms with Gasteiger partial charge in [0.05, 0.1) is 61.6 Å². The lowest BCUT2D eigenvalue weighted by Gasteiger charge is -2.16. The van der Waals surface area contributed by atoms with Gasteiger partial charge in [0, 0.05) is 14.7 Å². The predicted octanol–water partition coefficient (Wildman–Crippen LogP) is 11.6. The molecule has 0 aliphatic rings. The van der Waals surface area contributed by atoms with Gasteiger partial charge in [0.15, 0.2) is 0 Å². The van der Waals surface area contributed by atoms with E-state index in [0.29, 0.717) is 26.1 Å². The Morgan fingerprint density at radius 2 is 0.828 bits per heavy atom. The van der Waals surface area contributed by atoms with Crippen LogP contribution in [0.4, 0.5) is 0 Å². The zero-order chi connectivity index (χ0) is 21.8. The number of nitrogens with zero attached hydrogens (tertiary/aromatic N) is 1. The van der Waals surface area contributed by atoms with Gasteiger partial charge in [-0.15, -0.1) is 0 Å². The van der Waals surface area contributed by atoms with Crippen LogP contribution >= 0.6 is 139 Å². The van der Waals surface area contributed by atoms with E-state index in [1.807, 2.05) is 0 Å². The third-order valence-electron chi connectivity index (χ3n) is 3.76. The van der Waals surface area contributed by atoms with Gasteiger partial charge in [0.2, 0.25) is 0 Å². The van der Waals surface area contributed by atoms with Crippen molar-refractivity contribution in [2.75, 3.05) is 0 Å². The van der Waals surface area contributed by atoms with Crippen LogP contribution in [-0.2, 0) is 0 Å². The molecule has 1 aromatic heterocycles. The van der Waals surface area contributed by atoms with Crippen molar-refractivity contribution in [1.29, 1.82) is 0 Å². The number of hydrogen-bond donors (Lipinski definition) is 0. The van der Waals surface area contributed by atoms with E-state index in [1.165, 1.54) is 0 Å². The molecule has 1 nitrogen and oxygen atoms in total. The summed E-state index contributed by atoms with van der Waals surface area (Å²) in [5, 5.41) is 0.660. The summed E-state index contributed by atoms with van der Waals surface area (Å²) >= 11 is 64.5. The molecule has 0 saturated carbocycles. The second-order valence-corrected chi connectivity index (χ2v) is 10.4. The van der Waals surface area contributed by atoms with Crippen LogP contribution in [0.5, 0.6) is 0 Å². The van der Waals surface area contributed by atoms with Gasteiger partial charge in [0.25, 0.3) is 0 Å². The van der Waals surface area contributed by atoms with Gasteiger partial charge in [0.1, 0.15) is 0 Å². The molecule has 1 heterocycles. The molecule has 0 aliphatic heterocycles. The quantitative estimate of drug-likeness (QED) is 0.147. The van der Waals surface area contributed by atoms with E-state index < -0.39 is 0 Å². The van der Waals surface area contributed by atoms with Crippen molar-refractivity contribution < 1.29 is 0 Å². The minimum absolute atomic E-state index is 0.0418. The van der Waals surface area contributed by atoms with Crippen LogP contribution in [0.1, 0.15) is 0 Å². The van der Waals surface area contributed by atoms with Crippen LogP contribution in [0.25, 0.3) is 22.5 Å². The second kappa shape index (κ2) is 9.61. The van der Waals surface area contributed by atoms with Crippen LogP contribution in [0.15, 0.2) is 12.1 Å². The molecule has 0 bridgehead atoms. The highest BCUT2D eigenvalue weighted by atomic mass is 127. The molecular weight excluding hydrogens is 700 g/mol. The first-order chi connectivity index (χ1) is 13.5. The SMILES string of the molecule is Clc1c(Cl)c(Cl)c(-c2ccc(I)c(-c3c(Cl)c(Cl)c(Cl)c(Cl)c3Cl)n2)c(Cl)c1Cl. The molecule has 0 aliphatic carbocycles. The van der Waals surface area contributed by atoms with Gasteiger partial charge >= 0.3 is 0 Å². The number of hydrogen-bond acceptors (Lipinski definition) is 1. The average Bonchev–Trinajstić information content (AvgIpc) is 2.70. The second-order valence-electron chi connectivity index (χ2n) is 5.42. The highest BCUT2D eigenvalue weighted by Gasteiger charge is 2.25. The molecule has 0 amide bonds. The zero-order valence-corrected chi connectivity index (χ0v) is 23.0. The number of halogens is 11. The Kier molecular flexibility index (Phi) is 8.23. The Hall–Kier alpha value is 1.22. The lowest BCUT2D eigenvalue weighted by Crippen LogP contribution is -1.96. The van der Waals surface area contributed by atoms with Crippen LogP contribution < -0.4 is 0 Å². The minimum Gasteiger partial charge on any atom is -0.246 e. The Morgan fingerprint density at radius 1 is 0.483 bits per heavy atom. The van der Waals surface area contributed by atoms with E-state index in [4.69, 9.17) is 116 Å². The van der Waals surface area contributed by atoms with E-state index in [0.717, 1.165) is 0 Å². The zero-order valence-electron chi connectivity index (χ0n) is 13.3. The molecule has 3 rings (SSSR count). The van der Waals surface area contributed by atoms with Crippen molar-refractivity contribution in [3.05, 3.63) is 65.9 Å². The smallest absolute Gasteiger partial charge is 0.0874 e. The molecule has 152 valence electrons. The van der Waals surface area contributed by atoms with E-state index in [-0.39, 0.29) is 50.2 Å². The monoisotopic (exact) mass is 697 g/mol. The van der Waals surface area contributed by atoms with E-state index >= 15 is 0 Å². The fourth-order valence-corrected chi connectivity index (χ4v) is 5.62. The fourth-order valence-electron chi connectivity index (χ4n) is 2.40. The molecule has 2 aromatic carbocycles. The Labute approximate surface area is 229 Å². The van der Waals surface area contributed by atoms with Gasteiger partial charge in [-0.1, -0.05) is 116 Å². The third-order valence-corrected chi connectivity index (χ3v) is 9.18. The predicted molar refractivity (Wildman–Crippen MR) is 138 cm³/mol. The summed E-state index contributed by atoms with van der Waals surface area (Å²) in [4.78, 5) is 4.61. The molecule has 0 radical (unpaired) electrons. The van der Waals surface area contributed by atoms with Crippen molar-refractivity contribution in [3.63, 3.8) is 0 Å². The summed E-state index contributed by atoms with van der Waals surface area (Å²) in [7, 11) is 0. The van der Waals surface area contributed by atoms with Crippen LogP contribution in [-0.4, -0.2) is 4.98 Å². The first kappa shape index (κ1) is 24.9. The van der Waals surface area contributed by atoms with Gasteiger partial charge in [-0.2, -0.15) is 0 Å². The maximum absolute atomic E-state index is 6.40. The molecule has 0 atom stereocenters. The number of benzene rings is 2. The van der Waals surface area contributed by atoms with Gasteiger partial charge in [-0.3, -0.25) is 0 Å². The van der Waals surface area contributed by atoms with Gasteiger partial charge in [-0.25, -0.2) is 4.98 Å². The van der Waals surface area contributed by atoms with Gasteiger partial charge in [-0.05, 0) is 34.7 Å². The molecule has 29 heavy (non-hydrogen) atoms. The molecule has 3 aromatic rings. The molecule has 12 heteroatoms. The summed E-state index contributed by atoms with van der Waals surface area (Å²) in [6.45, 7) is 0. The van der Waals surface area contributed by atoms with Crippen LogP contribution in [0.3, 0.4) is 0 Å². The highest BCUT2D eigenvalue weighted by Crippen LogP contribution is 2.51. The van der Waals surface area contributed by atoms with E-state index in [2.05, 4.69) is 27.6 Å². The molecular formula is C17H2Cl10IN. The van der Waals surface area contributed by atoms with Crippen molar-refractivity contribution in [2.24, 2.45) is 0 Å². The number of pyridine rings is 1. The molecule has 0 N–H and O–H groups in total. The summed E-state index contributed by atoms with van der Waals surface area (Å²) < 4.78 is 0.697. The minimum atomic E-state index is 0.0418. The van der Waals surface area contributed by atoms with Crippen molar-refractivity contribution >= 4 is 139 Å². The highest BCUT2D eigenvalue weighted by molar-refractivity contribution is 14.1. The topological polar surface area (TPSA) is 12.9 Å². The van der Waals surface area contributed by atoms with Crippen molar-refractivity contribution in [3.8, 4) is 22.5 Å². The summed E-state index contributed by atoms with van der Waals surface area (Å²) in [5.41, 5.74) is 1.33. The molecule has 0 saturated heterocycles. The maximum Gasteiger partial charge on any atom is 0.0874 e. The van der Waals surface area contributed by atoms with Gasteiger partial charge < -0.3 is 0 Å². The van der Waals surface area contributed by atoms with E-state index in [1.54, 1.807) is 12.1 Å². The third kappa shape index (κ3) is 4.39. The fraction of sp³-hybridized carbons (Fsp3) is 0. The van der Waals surface area contributed by atoms with Crippen molar-refractivity contribution in [1.82, 2.24) is 4.98 Å². The number of aromatic nitrogens is 1. The van der Waals surface area contributed by atoms with Crippen molar-refractivity contribution in [2.45, 2.75) is 0 Å². The van der Waals surface area contributed by atoms with Crippen LogP contribution in [0.2, 0.25) is 50.2 Å². The first-order valence-corrected chi connectivity index (χ1v) is 12.0. The number of rotatable bonds is 2. The summed E-state index contributed by atoms with van der Waals surface area (Å²) in [6, 6.07) is 3.43. The first-order valence-electron chi connectivity index (χ1n) is 7.19. The normalized spacial score (nSPS) is 11.3. The molecule has 0 spiro atoms. The summed E-state index contributed by atoms with van der Waals surface area (Å²) in [5.74, 6) is 0. The van der Waals surface area contributed by atoms with E-state index in [9.17, 15) is 0 Å². The largest absolute Gasteiger partial charge is 0.246 e. The summed E-state index contributed by atoms with van der Waals surface area (Å²) in [6.07, 6.45) is 0. The Morgan fingerprint density at radius 3 is 1.24 bits per heavy atom. The maximum atomic E-state index is 6.40. The Bertz CT molecular complexity index is 1120. The Balaban J connectivity index is 2.37. The lowest BCUT2D eigenvalue weighted by molar-refractivity contribution is 1.30. The van der Waals surface area contributed by atoms with Crippen LogP contribution in [0, 0.1) is 3.57 Å². The lowest BCUT2D eigenvalue weighted by atomic mass is 10.1. The molecule has 0 fully saturated rings.